The fourth-order valence-corrected chi connectivity index (χ4v) is 1.15. The lowest BCUT2D eigenvalue weighted by Gasteiger charge is -2.18. The molecule has 0 unspecified atom stereocenters. The van der Waals surface area contributed by atoms with Gasteiger partial charge in [-0.05, 0) is 19.9 Å². The van der Waals surface area contributed by atoms with E-state index in [1.165, 1.54) is 26.0 Å². The molecule has 1 aromatic rings. The maximum absolute atomic E-state index is 13.2. The Labute approximate surface area is 75.8 Å². The van der Waals surface area contributed by atoms with Crippen LogP contribution in [0.5, 0.6) is 0 Å². The molecule has 0 bridgehead atoms. The molecule has 12 heavy (non-hydrogen) atoms. The Kier molecular flexibility index (Phi) is 2.40. The zero-order valence-corrected chi connectivity index (χ0v) is 7.69. The van der Waals surface area contributed by atoms with Crippen LogP contribution in [0.3, 0.4) is 0 Å². The first-order valence-electron chi connectivity index (χ1n) is 3.60. The second-order valence-electron chi connectivity index (χ2n) is 3.16. The number of hydrogen-bond acceptors (Lipinski definition) is 1. The van der Waals surface area contributed by atoms with E-state index < -0.39 is 11.4 Å². The van der Waals surface area contributed by atoms with Crippen molar-refractivity contribution in [1.29, 1.82) is 0 Å². The van der Waals surface area contributed by atoms with Gasteiger partial charge in [0.25, 0.3) is 0 Å². The predicted octanol–water partition coefficient (Wildman–Crippen LogP) is 2.71. The lowest BCUT2D eigenvalue weighted by atomic mass is 9.98. The molecule has 0 amide bonds. The van der Waals surface area contributed by atoms with Crippen molar-refractivity contribution in [2.45, 2.75) is 19.4 Å². The Bertz CT molecular complexity index is 291. The molecule has 0 fully saturated rings. The Hall–Kier alpha value is -0.600. The van der Waals surface area contributed by atoms with Crippen molar-refractivity contribution in [1.82, 2.24) is 0 Å². The summed E-state index contributed by atoms with van der Waals surface area (Å²) < 4.78 is 13.2. The smallest absolute Gasteiger partial charge is 0.147 e. The summed E-state index contributed by atoms with van der Waals surface area (Å²) in [5, 5.41) is 9.53. The molecule has 0 saturated heterocycles. The summed E-state index contributed by atoms with van der Waals surface area (Å²) in [4.78, 5) is 0. The maximum Gasteiger partial charge on any atom is 0.147 e. The fraction of sp³-hybridized carbons (Fsp3) is 0.333. The fourth-order valence-electron chi connectivity index (χ4n) is 0.976. The van der Waals surface area contributed by atoms with Crippen LogP contribution in [0.15, 0.2) is 18.2 Å². The SMILES string of the molecule is CC(C)(O)c1cccc(Cl)c1F. The molecule has 1 rings (SSSR count). The molecule has 66 valence electrons. The van der Waals surface area contributed by atoms with Gasteiger partial charge in [0.15, 0.2) is 0 Å². The molecule has 1 aromatic carbocycles. The third-order valence-electron chi connectivity index (χ3n) is 1.61. The molecule has 0 radical (unpaired) electrons. The lowest BCUT2D eigenvalue weighted by molar-refractivity contribution is 0.0746. The first-order chi connectivity index (χ1) is 5.43. The average molecular weight is 189 g/mol. The lowest BCUT2D eigenvalue weighted by Crippen LogP contribution is -2.17. The standard InChI is InChI=1S/C9H10ClFO/c1-9(2,12)6-4-3-5-7(10)8(6)11/h3-5,12H,1-2H3. The van der Waals surface area contributed by atoms with E-state index in [0.717, 1.165) is 0 Å². The molecule has 0 saturated carbocycles. The molecule has 0 aromatic heterocycles. The van der Waals surface area contributed by atoms with Crippen molar-refractivity contribution in [3.63, 3.8) is 0 Å². The Morgan fingerprint density at radius 2 is 2.00 bits per heavy atom. The summed E-state index contributed by atoms with van der Waals surface area (Å²) in [5.41, 5.74) is -0.968. The second kappa shape index (κ2) is 3.04. The third kappa shape index (κ3) is 1.76. The van der Waals surface area contributed by atoms with Gasteiger partial charge in [-0.3, -0.25) is 0 Å². The highest BCUT2D eigenvalue weighted by Gasteiger charge is 2.21. The molecule has 3 heteroatoms. The summed E-state index contributed by atoms with van der Waals surface area (Å²) >= 11 is 5.53. The van der Waals surface area contributed by atoms with E-state index in [9.17, 15) is 9.50 Å². The summed E-state index contributed by atoms with van der Waals surface area (Å²) in [6.07, 6.45) is 0. The van der Waals surface area contributed by atoms with E-state index >= 15 is 0 Å². The first-order valence-corrected chi connectivity index (χ1v) is 3.97. The summed E-state index contributed by atoms with van der Waals surface area (Å²) in [6, 6.07) is 4.58. The molecular formula is C9H10ClFO. The Morgan fingerprint density at radius 1 is 1.42 bits per heavy atom. The molecule has 1 nitrogen and oxygen atoms in total. The quantitative estimate of drug-likeness (QED) is 0.719. The predicted molar refractivity (Wildman–Crippen MR) is 46.7 cm³/mol. The summed E-state index contributed by atoms with van der Waals surface area (Å²) in [5.74, 6) is -0.549. The topological polar surface area (TPSA) is 20.2 Å². The van der Waals surface area contributed by atoms with Gasteiger partial charge < -0.3 is 5.11 Å². The van der Waals surface area contributed by atoms with E-state index in [2.05, 4.69) is 0 Å². The first kappa shape index (κ1) is 9.49. The van der Waals surface area contributed by atoms with Crippen molar-refractivity contribution in [3.8, 4) is 0 Å². The van der Waals surface area contributed by atoms with Crippen LogP contribution in [0.25, 0.3) is 0 Å². The van der Waals surface area contributed by atoms with E-state index in [1.807, 2.05) is 0 Å². The Morgan fingerprint density at radius 3 is 2.42 bits per heavy atom. The van der Waals surface area contributed by atoms with Crippen molar-refractivity contribution in [2.75, 3.05) is 0 Å². The van der Waals surface area contributed by atoms with Crippen LogP contribution in [0.1, 0.15) is 19.4 Å². The number of halogens is 2. The van der Waals surface area contributed by atoms with Gasteiger partial charge in [0.05, 0.1) is 10.6 Å². The van der Waals surface area contributed by atoms with Crippen LogP contribution in [-0.4, -0.2) is 5.11 Å². The number of aliphatic hydroxyl groups is 1. The van der Waals surface area contributed by atoms with E-state index in [-0.39, 0.29) is 10.6 Å². The highest BCUT2D eigenvalue weighted by Crippen LogP contribution is 2.26. The zero-order chi connectivity index (χ0) is 9.35. The van der Waals surface area contributed by atoms with Gasteiger partial charge in [-0.2, -0.15) is 0 Å². The van der Waals surface area contributed by atoms with Gasteiger partial charge in [-0.25, -0.2) is 4.39 Å². The van der Waals surface area contributed by atoms with Gasteiger partial charge in [0.2, 0.25) is 0 Å². The van der Waals surface area contributed by atoms with Gasteiger partial charge in [-0.1, -0.05) is 23.7 Å². The Balaban J connectivity index is 3.26. The van der Waals surface area contributed by atoms with E-state index in [4.69, 9.17) is 11.6 Å². The molecular weight excluding hydrogens is 179 g/mol. The van der Waals surface area contributed by atoms with Crippen LogP contribution in [0, 0.1) is 5.82 Å². The summed E-state index contributed by atoms with van der Waals surface area (Å²) in [6.45, 7) is 3.03. The van der Waals surface area contributed by atoms with Crippen LogP contribution in [0.4, 0.5) is 4.39 Å². The number of rotatable bonds is 1. The van der Waals surface area contributed by atoms with Gasteiger partial charge >= 0.3 is 0 Å². The monoisotopic (exact) mass is 188 g/mol. The molecule has 0 aliphatic rings. The minimum absolute atomic E-state index is 0.0367. The van der Waals surface area contributed by atoms with E-state index in [0.29, 0.717) is 0 Å². The highest BCUT2D eigenvalue weighted by atomic mass is 35.5. The van der Waals surface area contributed by atoms with Crippen LogP contribution in [-0.2, 0) is 5.60 Å². The highest BCUT2D eigenvalue weighted by molar-refractivity contribution is 6.30. The van der Waals surface area contributed by atoms with Crippen molar-refractivity contribution in [3.05, 3.63) is 34.6 Å². The number of benzene rings is 1. The maximum atomic E-state index is 13.2. The minimum atomic E-state index is -1.19. The molecule has 0 aliphatic carbocycles. The average Bonchev–Trinajstić information content (AvgIpc) is 1.92. The van der Waals surface area contributed by atoms with Crippen LogP contribution >= 0.6 is 11.6 Å². The van der Waals surface area contributed by atoms with Crippen LogP contribution in [0.2, 0.25) is 5.02 Å². The number of hydrogen-bond donors (Lipinski definition) is 1. The van der Waals surface area contributed by atoms with Crippen molar-refractivity contribution < 1.29 is 9.50 Å². The van der Waals surface area contributed by atoms with Crippen LogP contribution < -0.4 is 0 Å². The summed E-state index contributed by atoms with van der Waals surface area (Å²) in [7, 11) is 0. The van der Waals surface area contributed by atoms with Crippen molar-refractivity contribution in [2.24, 2.45) is 0 Å². The molecule has 1 N–H and O–H groups in total. The molecule has 0 aliphatic heterocycles. The normalized spacial score (nSPS) is 11.8. The third-order valence-corrected chi connectivity index (χ3v) is 1.90. The minimum Gasteiger partial charge on any atom is -0.386 e. The van der Waals surface area contributed by atoms with E-state index in [1.54, 1.807) is 6.07 Å². The molecule has 0 heterocycles. The van der Waals surface area contributed by atoms with Crippen molar-refractivity contribution >= 4 is 11.6 Å². The second-order valence-corrected chi connectivity index (χ2v) is 3.57. The zero-order valence-electron chi connectivity index (χ0n) is 6.94. The van der Waals surface area contributed by atoms with Gasteiger partial charge in [-0.15, -0.1) is 0 Å². The molecule has 0 atom stereocenters. The molecule has 0 spiro atoms. The largest absolute Gasteiger partial charge is 0.386 e. The van der Waals surface area contributed by atoms with Gasteiger partial charge in [0.1, 0.15) is 5.82 Å². The van der Waals surface area contributed by atoms with Gasteiger partial charge in [0, 0.05) is 5.56 Å².